The SMILES string of the molecule is COc1ccc(N)cc1CN1CCC(OCCO)CC1. The lowest BCUT2D eigenvalue weighted by molar-refractivity contribution is -0.00909. The van der Waals surface area contributed by atoms with Crippen molar-refractivity contribution < 1.29 is 14.6 Å². The number of rotatable bonds is 6. The molecule has 1 aromatic rings. The van der Waals surface area contributed by atoms with Crippen LogP contribution in [0.1, 0.15) is 18.4 Å². The molecule has 0 aliphatic carbocycles. The first-order valence-corrected chi connectivity index (χ1v) is 7.10. The molecule has 1 aromatic carbocycles. The van der Waals surface area contributed by atoms with Crippen molar-refractivity contribution >= 4 is 5.69 Å². The lowest BCUT2D eigenvalue weighted by atomic mass is 10.1. The fourth-order valence-electron chi connectivity index (χ4n) is 2.62. The zero-order valence-corrected chi connectivity index (χ0v) is 12.0. The van der Waals surface area contributed by atoms with Crippen molar-refractivity contribution in [3.05, 3.63) is 23.8 Å². The second-order valence-corrected chi connectivity index (χ2v) is 5.14. The van der Waals surface area contributed by atoms with Crippen LogP contribution in [0.3, 0.4) is 0 Å². The summed E-state index contributed by atoms with van der Waals surface area (Å²) in [6.45, 7) is 3.37. The summed E-state index contributed by atoms with van der Waals surface area (Å²) in [5.41, 5.74) is 7.74. The number of nitrogens with two attached hydrogens (primary N) is 1. The summed E-state index contributed by atoms with van der Waals surface area (Å²) >= 11 is 0. The van der Waals surface area contributed by atoms with E-state index in [1.165, 1.54) is 0 Å². The molecule has 5 nitrogen and oxygen atoms in total. The van der Waals surface area contributed by atoms with Crippen molar-refractivity contribution in [3.63, 3.8) is 0 Å². The molecule has 5 heteroatoms. The van der Waals surface area contributed by atoms with Crippen LogP contribution in [0.4, 0.5) is 5.69 Å². The minimum atomic E-state index is 0.0979. The first-order chi connectivity index (χ1) is 9.72. The number of aliphatic hydroxyl groups is 1. The van der Waals surface area contributed by atoms with Gasteiger partial charge >= 0.3 is 0 Å². The van der Waals surface area contributed by atoms with Crippen molar-refractivity contribution in [2.45, 2.75) is 25.5 Å². The van der Waals surface area contributed by atoms with Gasteiger partial charge in [-0.05, 0) is 31.0 Å². The molecule has 0 aromatic heterocycles. The monoisotopic (exact) mass is 280 g/mol. The highest BCUT2D eigenvalue weighted by Crippen LogP contribution is 2.24. The summed E-state index contributed by atoms with van der Waals surface area (Å²) in [6.07, 6.45) is 2.29. The molecule has 0 radical (unpaired) electrons. The molecule has 1 aliphatic heterocycles. The molecule has 0 atom stereocenters. The highest BCUT2D eigenvalue weighted by molar-refractivity contribution is 5.47. The summed E-state index contributed by atoms with van der Waals surface area (Å²) in [6, 6.07) is 5.76. The van der Waals surface area contributed by atoms with Crippen molar-refractivity contribution in [2.24, 2.45) is 0 Å². The van der Waals surface area contributed by atoms with Crippen molar-refractivity contribution in [2.75, 3.05) is 39.1 Å². The summed E-state index contributed by atoms with van der Waals surface area (Å²) in [4.78, 5) is 2.39. The van der Waals surface area contributed by atoms with Gasteiger partial charge in [-0.25, -0.2) is 0 Å². The van der Waals surface area contributed by atoms with E-state index in [2.05, 4.69) is 4.90 Å². The van der Waals surface area contributed by atoms with Crippen LogP contribution in [-0.2, 0) is 11.3 Å². The minimum Gasteiger partial charge on any atom is -0.496 e. The number of nitrogen functional groups attached to an aromatic ring is 1. The minimum absolute atomic E-state index is 0.0979. The standard InChI is InChI=1S/C15H24N2O3/c1-19-15-3-2-13(16)10-12(15)11-17-6-4-14(5-7-17)20-9-8-18/h2-3,10,14,18H,4-9,11,16H2,1H3. The Balaban J connectivity index is 1.87. The topological polar surface area (TPSA) is 68.0 Å². The molecule has 112 valence electrons. The molecule has 2 rings (SSSR count). The molecule has 20 heavy (non-hydrogen) atoms. The summed E-state index contributed by atoms with van der Waals surface area (Å²) in [5.74, 6) is 0.887. The second kappa shape index (κ2) is 7.47. The fraction of sp³-hybridized carbons (Fsp3) is 0.600. The quantitative estimate of drug-likeness (QED) is 0.768. The van der Waals surface area contributed by atoms with E-state index in [9.17, 15) is 0 Å². The van der Waals surface area contributed by atoms with Crippen LogP contribution in [-0.4, -0.2) is 49.5 Å². The highest BCUT2D eigenvalue weighted by atomic mass is 16.5. The van der Waals surface area contributed by atoms with Crippen LogP contribution in [0, 0.1) is 0 Å². The number of anilines is 1. The van der Waals surface area contributed by atoms with E-state index >= 15 is 0 Å². The first kappa shape index (κ1) is 15.1. The number of piperidine rings is 1. The third-order valence-corrected chi connectivity index (χ3v) is 3.68. The molecule has 0 unspecified atom stereocenters. The third kappa shape index (κ3) is 4.10. The van der Waals surface area contributed by atoms with Crippen LogP contribution < -0.4 is 10.5 Å². The summed E-state index contributed by atoms with van der Waals surface area (Å²) in [5, 5.41) is 8.77. The van der Waals surface area contributed by atoms with E-state index in [1.807, 2.05) is 18.2 Å². The van der Waals surface area contributed by atoms with Gasteiger partial charge < -0.3 is 20.3 Å². The Morgan fingerprint density at radius 2 is 2.10 bits per heavy atom. The Bertz CT molecular complexity index is 418. The normalized spacial score (nSPS) is 17.3. The molecule has 0 amide bonds. The Labute approximate surface area is 120 Å². The van der Waals surface area contributed by atoms with Crippen molar-refractivity contribution in [1.82, 2.24) is 4.90 Å². The number of benzene rings is 1. The predicted molar refractivity (Wildman–Crippen MR) is 78.7 cm³/mol. The summed E-state index contributed by atoms with van der Waals surface area (Å²) < 4.78 is 11.0. The molecule has 3 N–H and O–H groups in total. The molecule has 1 heterocycles. The average molecular weight is 280 g/mol. The molecule has 1 fully saturated rings. The van der Waals surface area contributed by atoms with Gasteiger partial charge in [0.25, 0.3) is 0 Å². The highest BCUT2D eigenvalue weighted by Gasteiger charge is 2.20. The molecule has 0 bridgehead atoms. The van der Waals surface area contributed by atoms with Crippen LogP contribution in [0.15, 0.2) is 18.2 Å². The molecular formula is C15H24N2O3. The van der Waals surface area contributed by atoms with E-state index in [-0.39, 0.29) is 12.7 Å². The molecule has 1 saturated heterocycles. The largest absolute Gasteiger partial charge is 0.496 e. The van der Waals surface area contributed by atoms with Gasteiger partial charge in [0.15, 0.2) is 0 Å². The predicted octanol–water partition coefficient (Wildman–Crippen LogP) is 1.25. The van der Waals surface area contributed by atoms with Gasteiger partial charge in [-0.3, -0.25) is 4.90 Å². The lowest BCUT2D eigenvalue weighted by Crippen LogP contribution is -2.37. The number of likely N-dealkylation sites (tertiary alicyclic amines) is 1. The lowest BCUT2D eigenvalue weighted by Gasteiger charge is -2.32. The van der Waals surface area contributed by atoms with Crippen LogP contribution in [0.2, 0.25) is 0 Å². The van der Waals surface area contributed by atoms with Crippen molar-refractivity contribution in [3.8, 4) is 5.75 Å². The molecule has 1 aliphatic rings. The zero-order chi connectivity index (χ0) is 14.4. The van der Waals surface area contributed by atoms with Crippen molar-refractivity contribution in [1.29, 1.82) is 0 Å². The summed E-state index contributed by atoms with van der Waals surface area (Å²) in [7, 11) is 1.68. The maximum atomic E-state index is 8.77. The van der Waals surface area contributed by atoms with Gasteiger partial charge in [-0.1, -0.05) is 0 Å². The number of nitrogens with zero attached hydrogens (tertiary/aromatic N) is 1. The second-order valence-electron chi connectivity index (χ2n) is 5.14. The van der Waals surface area contributed by atoms with Gasteiger partial charge in [0.2, 0.25) is 0 Å². The van der Waals surface area contributed by atoms with Crippen LogP contribution >= 0.6 is 0 Å². The van der Waals surface area contributed by atoms with Gasteiger partial charge in [0.1, 0.15) is 5.75 Å². The Morgan fingerprint density at radius 1 is 1.35 bits per heavy atom. The Morgan fingerprint density at radius 3 is 2.75 bits per heavy atom. The average Bonchev–Trinajstić information content (AvgIpc) is 2.47. The van der Waals surface area contributed by atoms with E-state index in [0.29, 0.717) is 6.61 Å². The van der Waals surface area contributed by atoms with E-state index < -0.39 is 0 Å². The molecule has 0 spiro atoms. The van der Waals surface area contributed by atoms with Gasteiger partial charge in [0, 0.05) is 30.9 Å². The van der Waals surface area contributed by atoms with E-state index in [1.54, 1.807) is 7.11 Å². The number of hydrogen-bond acceptors (Lipinski definition) is 5. The Hall–Kier alpha value is -1.30. The molecule has 0 saturated carbocycles. The van der Waals surface area contributed by atoms with Crippen LogP contribution in [0.25, 0.3) is 0 Å². The maximum Gasteiger partial charge on any atom is 0.123 e. The number of hydrogen-bond donors (Lipinski definition) is 2. The maximum absolute atomic E-state index is 8.77. The third-order valence-electron chi connectivity index (χ3n) is 3.68. The van der Waals surface area contributed by atoms with E-state index in [0.717, 1.165) is 49.5 Å². The van der Waals surface area contributed by atoms with E-state index in [4.69, 9.17) is 20.3 Å². The van der Waals surface area contributed by atoms with Crippen LogP contribution in [0.5, 0.6) is 5.75 Å². The number of aliphatic hydroxyl groups excluding tert-OH is 1. The Kier molecular flexibility index (Phi) is 5.64. The number of methoxy groups -OCH3 is 1. The zero-order valence-electron chi connectivity index (χ0n) is 12.0. The van der Waals surface area contributed by atoms with Gasteiger partial charge in [-0.15, -0.1) is 0 Å². The fourth-order valence-corrected chi connectivity index (χ4v) is 2.62. The first-order valence-electron chi connectivity index (χ1n) is 7.10. The molecular weight excluding hydrogens is 256 g/mol. The van der Waals surface area contributed by atoms with Gasteiger partial charge in [0.05, 0.1) is 26.4 Å². The van der Waals surface area contributed by atoms with Gasteiger partial charge in [-0.2, -0.15) is 0 Å². The number of ether oxygens (including phenoxy) is 2. The smallest absolute Gasteiger partial charge is 0.123 e.